The van der Waals surface area contributed by atoms with Crippen LogP contribution >= 0.6 is 11.6 Å². The first-order chi connectivity index (χ1) is 15.0. The molecule has 0 saturated heterocycles. The highest BCUT2D eigenvalue weighted by atomic mass is 35.5. The van der Waals surface area contributed by atoms with Crippen molar-refractivity contribution in [3.05, 3.63) is 59.1 Å². The molecule has 2 aromatic carbocycles. The summed E-state index contributed by atoms with van der Waals surface area (Å²) < 4.78 is 20.6. The van der Waals surface area contributed by atoms with Crippen molar-refractivity contribution >= 4 is 35.6 Å². The molecule has 1 N–H and O–H groups in total. The smallest absolute Gasteiger partial charge is 0.331 e. The number of ether oxygens (including phenoxy) is 3. The fourth-order valence-corrected chi connectivity index (χ4v) is 2.81. The van der Waals surface area contributed by atoms with E-state index in [0.29, 0.717) is 27.6 Å². The maximum Gasteiger partial charge on any atom is 0.331 e. The van der Waals surface area contributed by atoms with E-state index in [1.165, 1.54) is 20.3 Å². The van der Waals surface area contributed by atoms with Gasteiger partial charge >= 0.3 is 12.0 Å². The lowest BCUT2D eigenvalue weighted by atomic mass is 10.2. The largest absolute Gasteiger partial charge is 0.493 e. The van der Waals surface area contributed by atoms with Crippen molar-refractivity contribution in [2.45, 2.75) is 0 Å². The van der Waals surface area contributed by atoms with Gasteiger partial charge in [0.05, 0.1) is 19.2 Å². The summed E-state index contributed by atoms with van der Waals surface area (Å²) in [6, 6.07) is 12.2. The molecule has 3 aromatic rings. The number of nitrogens with one attached hydrogen (secondary N) is 1. The third-order valence-corrected chi connectivity index (χ3v) is 4.19. The molecule has 0 fully saturated rings. The molecule has 3 rings (SSSR count). The molecule has 0 radical (unpaired) electrons. The fraction of sp³-hybridized carbons (Fsp3) is 0.143. The molecule has 160 valence electrons. The molecule has 0 aliphatic carbocycles. The van der Waals surface area contributed by atoms with E-state index in [2.05, 4.69) is 15.5 Å². The second-order valence-electron chi connectivity index (χ2n) is 6.01. The monoisotopic (exact) mass is 443 g/mol. The molecule has 1 heterocycles. The van der Waals surface area contributed by atoms with E-state index in [1.54, 1.807) is 24.3 Å². The lowest BCUT2D eigenvalue weighted by Crippen LogP contribution is -2.20. The van der Waals surface area contributed by atoms with Crippen molar-refractivity contribution in [3.8, 4) is 23.0 Å². The van der Waals surface area contributed by atoms with Gasteiger partial charge < -0.3 is 18.6 Å². The first kappa shape index (κ1) is 21.8. The van der Waals surface area contributed by atoms with Gasteiger partial charge in [-0.2, -0.15) is 0 Å². The van der Waals surface area contributed by atoms with E-state index < -0.39 is 18.5 Å². The number of rotatable bonds is 8. The topological polar surface area (TPSA) is 113 Å². The molecular formula is C21H18ClN3O6. The second kappa shape index (κ2) is 10.3. The second-order valence-corrected chi connectivity index (χ2v) is 6.41. The highest BCUT2D eigenvalue weighted by Crippen LogP contribution is 2.36. The maximum absolute atomic E-state index is 11.9. The highest BCUT2D eigenvalue weighted by Gasteiger charge is 2.13. The average Bonchev–Trinajstić information content (AvgIpc) is 3.24. The molecule has 0 aliphatic rings. The standard InChI is InChI=1S/C21H18ClN3O6/c1-28-16-11-13(10-15(22)19(16)29-2)8-9-18(27)30-12-17(26)23-21-25-24-20(31-21)14-6-4-3-5-7-14/h3-11H,12H2,1-2H3,(H,23,25,26)/b9-8+. The molecule has 0 aliphatic heterocycles. The predicted molar refractivity (Wildman–Crippen MR) is 113 cm³/mol. The Morgan fingerprint density at radius 2 is 1.90 bits per heavy atom. The number of benzene rings is 2. The van der Waals surface area contributed by atoms with Crippen molar-refractivity contribution in [2.24, 2.45) is 0 Å². The Morgan fingerprint density at radius 3 is 2.61 bits per heavy atom. The van der Waals surface area contributed by atoms with E-state index in [0.717, 1.165) is 6.08 Å². The van der Waals surface area contributed by atoms with Gasteiger partial charge in [-0.25, -0.2) is 4.79 Å². The Kier molecular flexibility index (Phi) is 7.23. The van der Waals surface area contributed by atoms with Crippen LogP contribution in [0, 0.1) is 0 Å². The molecule has 1 amide bonds. The molecule has 0 saturated carbocycles. The van der Waals surface area contributed by atoms with Crippen LogP contribution in [-0.4, -0.2) is 42.9 Å². The van der Waals surface area contributed by atoms with Crippen molar-refractivity contribution in [3.63, 3.8) is 0 Å². The maximum atomic E-state index is 11.9. The number of amides is 1. The summed E-state index contributed by atoms with van der Waals surface area (Å²) >= 11 is 6.12. The van der Waals surface area contributed by atoms with Crippen LogP contribution in [0.1, 0.15) is 5.56 Å². The molecule has 0 unspecified atom stereocenters. The molecule has 10 heteroatoms. The van der Waals surface area contributed by atoms with Gasteiger partial charge in [0.1, 0.15) is 0 Å². The molecule has 9 nitrogen and oxygen atoms in total. The van der Waals surface area contributed by atoms with Crippen LogP contribution in [0.25, 0.3) is 17.5 Å². The van der Waals surface area contributed by atoms with Crippen LogP contribution in [-0.2, 0) is 14.3 Å². The molecule has 0 bridgehead atoms. The zero-order valence-corrected chi connectivity index (χ0v) is 17.4. The minimum atomic E-state index is -0.725. The number of carbonyl (C=O) groups excluding carboxylic acids is 2. The summed E-state index contributed by atoms with van der Waals surface area (Å²) in [5, 5.41) is 10.3. The normalized spacial score (nSPS) is 10.7. The average molecular weight is 444 g/mol. The quantitative estimate of drug-likeness (QED) is 0.415. The minimum absolute atomic E-state index is 0.101. The molecule has 0 spiro atoms. The SMILES string of the molecule is COc1cc(/C=C/C(=O)OCC(=O)Nc2nnc(-c3ccccc3)o2)cc(Cl)c1OC. The van der Waals surface area contributed by atoms with E-state index in [-0.39, 0.29) is 11.9 Å². The number of hydrogen-bond acceptors (Lipinski definition) is 8. The van der Waals surface area contributed by atoms with Gasteiger partial charge in [0, 0.05) is 11.6 Å². The molecule has 1 aromatic heterocycles. The number of anilines is 1. The summed E-state index contributed by atoms with van der Waals surface area (Å²) in [5.74, 6) is -0.297. The lowest BCUT2D eigenvalue weighted by molar-refractivity contribution is -0.142. The van der Waals surface area contributed by atoms with Crippen LogP contribution in [0.2, 0.25) is 5.02 Å². The number of esters is 1. The summed E-state index contributed by atoms with van der Waals surface area (Å²) in [7, 11) is 2.94. The van der Waals surface area contributed by atoms with Gasteiger partial charge in [-0.1, -0.05) is 34.9 Å². The van der Waals surface area contributed by atoms with Gasteiger partial charge in [-0.15, -0.1) is 5.10 Å². The van der Waals surface area contributed by atoms with E-state index in [9.17, 15) is 9.59 Å². The number of hydrogen-bond donors (Lipinski definition) is 1. The van der Waals surface area contributed by atoms with Gasteiger partial charge in [0.15, 0.2) is 18.1 Å². The Labute approximate surface area is 182 Å². The van der Waals surface area contributed by atoms with E-state index in [1.807, 2.05) is 18.2 Å². The fourth-order valence-electron chi connectivity index (χ4n) is 2.51. The number of halogens is 1. The number of aromatic nitrogens is 2. The first-order valence-electron chi connectivity index (χ1n) is 8.95. The Morgan fingerprint density at radius 1 is 1.13 bits per heavy atom. The van der Waals surface area contributed by atoms with E-state index in [4.69, 9.17) is 30.2 Å². The third-order valence-electron chi connectivity index (χ3n) is 3.91. The first-order valence-corrected chi connectivity index (χ1v) is 9.33. The van der Waals surface area contributed by atoms with Crippen molar-refractivity contribution < 1.29 is 28.2 Å². The summed E-state index contributed by atoms with van der Waals surface area (Å²) in [6.45, 7) is -0.529. The Hall–Kier alpha value is -3.85. The molecule has 31 heavy (non-hydrogen) atoms. The summed E-state index contributed by atoms with van der Waals surface area (Å²) in [5.41, 5.74) is 1.30. The van der Waals surface area contributed by atoms with Crippen LogP contribution < -0.4 is 14.8 Å². The van der Waals surface area contributed by atoms with Gasteiger partial charge in [-0.3, -0.25) is 10.1 Å². The van der Waals surface area contributed by atoms with Gasteiger partial charge in [-0.05, 0) is 35.9 Å². The summed E-state index contributed by atoms with van der Waals surface area (Å²) in [6.07, 6.45) is 2.63. The molecular weight excluding hydrogens is 426 g/mol. The van der Waals surface area contributed by atoms with Gasteiger partial charge in [0.25, 0.3) is 5.91 Å². The van der Waals surface area contributed by atoms with Crippen LogP contribution in [0.3, 0.4) is 0 Å². The Bertz CT molecular complexity index is 1100. The zero-order chi connectivity index (χ0) is 22.2. The predicted octanol–water partition coefficient (Wildman–Crippen LogP) is 3.60. The third kappa shape index (κ3) is 5.83. The zero-order valence-electron chi connectivity index (χ0n) is 16.6. The minimum Gasteiger partial charge on any atom is -0.493 e. The summed E-state index contributed by atoms with van der Waals surface area (Å²) in [4.78, 5) is 23.8. The number of carbonyl (C=O) groups is 2. The van der Waals surface area contributed by atoms with E-state index >= 15 is 0 Å². The van der Waals surface area contributed by atoms with Crippen molar-refractivity contribution in [1.82, 2.24) is 10.2 Å². The highest BCUT2D eigenvalue weighted by molar-refractivity contribution is 6.32. The van der Waals surface area contributed by atoms with Crippen molar-refractivity contribution in [2.75, 3.05) is 26.1 Å². The lowest BCUT2D eigenvalue weighted by Gasteiger charge is -2.10. The van der Waals surface area contributed by atoms with Crippen molar-refractivity contribution in [1.29, 1.82) is 0 Å². The number of methoxy groups -OCH3 is 2. The number of nitrogens with zero attached hydrogens (tertiary/aromatic N) is 2. The molecule has 0 atom stereocenters. The van der Waals surface area contributed by atoms with Crippen LogP contribution in [0.15, 0.2) is 53.0 Å². The van der Waals surface area contributed by atoms with Crippen LogP contribution in [0.4, 0.5) is 6.01 Å². The van der Waals surface area contributed by atoms with Crippen LogP contribution in [0.5, 0.6) is 11.5 Å². The Balaban J connectivity index is 1.52. The van der Waals surface area contributed by atoms with Gasteiger partial charge in [0.2, 0.25) is 5.89 Å².